The molecule has 0 unspecified atom stereocenters. The van der Waals surface area contributed by atoms with Gasteiger partial charge in [-0.25, -0.2) is 0 Å². The number of hydrogen-bond acceptors (Lipinski definition) is 1. The maximum absolute atomic E-state index is 5.58. The summed E-state index contributed by atoms with van der Waals surface area (Å²) in [6.07, 6.45) is 0. The second-order valence-electron chi connectivity index (χ2n) is 2.73. The zero-order chi connectivity index (χ0) is 14.9. The quantitative estimate of drug-likeness (QED) is 0.416. The second kappa shape index (κ2) is 33.9. The number of ether oxygens (including phenoxy) is 1. The minimum absolute atomic E-state index is 0. The molecule has 23 heavy (non-hydrogen) atoms. The molecule has 2 aromatic rings. The third kappa shape index (κ3) is 22.4. The molecule has 0 atom stereocenters. The predicted octanol–water partition coefficient (Wildman–Crippen LogP) is 7.45. The van der Waals surface area contributed by atoms with Crippen LogP contribution < -0.4 is 4.74 Å². The molecule has 0 N–H and O–H groups in total. The summed E-state index contributed by atoms with van der Waals surface area (Å²) in [6.45, 7) is 12.0. The van der Waals surface area contributed by atoms with Gasteiger partial charge >= 0.3 is 0 Å². The zero-order valence-corrected chi connectivity index (χ0v) is 22.0. The van der Waals surface area contributed by atoms with Crippen LogP contribution in [0.25, 0.3) is 0 Å². The maximum atomic E-state index is 5.58. The van der Waals surface area contributed by atoms with Crippen LogP contribution >= 0.6 is 0 Å². The van der Waals surface area contributed by atoms with E-state index in [-0.39, 0.29) is 80.3 Å². The van der Waals surface area contributed by atoms with Crippen LogP contribution in [0.15, 0.2) is 60.7 Å². The second-order valence-corrected chi connectivity index (χ2v) is 2.73. The molecule has 0 amide bonds. The summed E-state index contributed by atoms with van der Waals surface area (Å²) in [5.74, 6) is 1.74. The summed E-state index contributed by atoms with van der Waals surface area (Å²) in [6, 6.07) is 19.5. The smallest absolute Gasteiger partial charge is 0.127 e. The number of hydrogen-bond donors (Lipinski definition) is 0. The maximum Gasteiger partial charge on any atom is 0.127 e. The average molecular weight is 468 g/mol. The summed E-state index contributed by atoms with van der Waals surface area (Å²) in [5, 5.41) is 0. The SMILES string of the molecule is CC.CC.CC.[CH3-].[CH3-].[Y].[Y].c1ccc(Oc2ccccc2)cc1. The summed E-state index contributed by atoms with van der Waals surface area (Å²) in [7, 11) is 0. The van der Waals surface area contributed by atoms with Gasteiger partial charge in [-0.3, -0.25) is 0 Å². The molecule has 0 fully saturated rings. The van der Waals surface area contributed by atoms with Gasteiger partial charge in [0.25, 0.3) is 0 Å². The van der Waals surface area contributed by atoms with E-state index in [0.717, 1.165) is 11.5 Å². The van der Waals surface area contributed by atoms with E-state index >= 15 is 0 Å². The Balaban J connectivity index is -0.0000000656. The number of benzene rings is 2. The Morgan fingerprint density at radius 2 is 0.696 bits per heavy atom. The molecular weight excluding hydrogens is 434 g/mol. The molecule has 0 heterocycles. The first-order chi connectivity index (χ1) is 9.45. The van der Waals surface area contributed by atoms with Gasteiger partial charge in [0.2, 0.25) is 0 Å². The Morgan fingerprint density at radius 3 is 0.913 bits per heavy atom. The van der Waals surface area contributed by atoms with Crippen molar-refractivity contribution in [2.75, 3.05) is 0 Å². The first-order valence-electron chi connectivity index (χ1n) is 7.23. The van der Waals surface area contributed by atoms with Crippen LogP contribution in [0.4, 0.5) is 0 Å². The Bertz CT molecular complexity index is 326. The molecule has 3 heteroatoms. The first kappa shape index (κ1) is 38.8. The van der Waals surface area contributed by atoms with Gasteiger partial charge in [-0.2, -0.15) is 0 Å². The molecule has 128 valence electrons. The van der Waals surface area contributed by atoms with Gasteiger partial charge in [0.05, 0.1) is 0 Å². The van der Waals surface area contributed by atoms with E-state index in [2.05, 4.69) is 0 Å². The van der Waals surface area contributed by atoms with Crippen LogP contribution in [0, 0.1) is 14.9 Å². The van der Waals surface area contributed by atoms with Gasteiger partial charge in [-0.05, 0) is 24.3 Å². The molecule has 0 saturated carbocycles. The van der Waals surface area contributed by atoms with E-state index in [4.69, 9.17) is 4.74 Å². The summed E-state index contributed by atoms with van der Waals surface area (Å²) in [5.41, 5.74) is 0. The Hall–Kier alpha value is 0.448. The van der Waals surface area contributed by atoms with Crippen molar-refractivity contribution >= 4 is 0 Å². The fraction of sp³-hybridized carbons (Fsp3) is 0.300. The van der Waals surface area contributed by atoms with Crippen LogP contribution in [-0.2, 0) is 65.4 Å². The molecular formula is C20H34OY2-2. The monoisotopic (exact) mass is 468 g/mol. The first-order valence-corrected chi connectivity index (χ1v) is 7.23. The fourth-order valence-electron chi connectivity index (χ4n) is 1.11. The zero-order valence-electron chi connectivity index (χ0n) is 16.3. The van der Waals surface area contributed by atoms with Gasteiger partial charge < -0.3 is 19.6 Å². The Kier molecular flexibility index (Phi) is 57.2. The van der Waals surface area contributed by atoms with Crippen LogP contribution in [-0.4, -0.2) is 0 Å². The van der Waals surface area contributed by atoms with Crippen molar-refractivity contribution in [1.29, 1.82) is 0 Å². The Labute approximate surface area is 196 Å². The van der Waals surface area contributed by atoms with Crippen molar-refractivity contribution in [3.8, 4) is 11.5 Å². The van der Waals surface area contributed by atoms with E-state index in [9.17, 15) is 0 Å². The molecule has 0 aromatic heterocycles. The van der Waals surface area contributed by atoms with Crippen molar-refractivity contribution in [3.63, 3.8) is 0 Å². The molecule has 0 aliphatic carbocycles. The van der Waals surface area contributed by atoms with Crippen LogP contribution in [0.2, 0.25) is 0 Å². The molecule has 0 spiro atoms. The van der Waals surface area contributed by atoms with E-state index in [1.165, 1.54) is 0 Å². The van der Waals surface area contributed by atoms with Crippen LogP contribution in [0.1, 0.15) is 41.5 Å². The largest absolute Gasteiger partial charge is 0.457 e. The van der Waals surface area contributed by atoms with E-state index in [1.54, 1.807) is 0 Å². The van der Waals surface area contributed by atoms with Gasteiger partial charge in [0, 0.05) is 65.4 Å². The topological polar surface area (TPSA) is 9.23 Å². The molecule has 0 aliphatic rings. The van der Waals surface area contributed by atoms with Crippen LogP contribution in [0.3, 0.4) is 0 Å². The van der Waals surface area contributed by atoms with Crippen LogP contribution in [0.5, 0.6) is 11.5 Å². The standard InChI is InChI=1S/C12H10O.3C2H6.2CH3.2Y/c1-3-7-11(8-4-1)13-12-9-5-2-6-10-12;3*1-2;;;;/h1-10H;3*1-2H3;2*1H3;;/q;;;;2*-1;;. The van der Waals surface area contributed by atoms with Crippen molar-refractivity contribution in [3.05, 3.63) is 75.5 Å². The fourth-order valence-corrected chi connectivity index (χ4v) is 1.11. The van der Waals surface area contributed by atoms with E-state index in [0.29, 0.717) is 0 Å². The van der Waals surface area contributed by atoms with Crippen molar-refractivity contribution in [2.45, 2.75) is 41.5 Å². The molecule has 2 rings (SSSR count). The molecule has 0 aliphatic heterocycles. The minimum atomic E-state index is 0. The molecule has 2 aromatic carbocycles. The third-order valence-electron chi connectivity index (χ3n) is 1.72. The number of rotatable bonds is 2. The van der Waals surface area contributed by atoms with E-state index < -0.39 is 0 Å². The summed E-state index contributed by atoms with van der Waals surface area (Å²) in [4.78, 5) is 0. The van der Waals surface area contributed by atoms with E-state index in [1.807, 2.05) is 102 Å². The van der Waals surface area contributed by atoms with Gasteiger partial charge in [-0.15, -0.1) is 0 Å². The predicted molar refractivity (Wildman–Crippen MR) is 99.8 cm³/mol. The molecule has 0 saturated heterocycles. The summed E-state index contributed by atoms with van der Waals surface area (Å²) >= 11 is 0. The normalized spacial score (nSPS) is 6.17. The summed E-state index contributed by atoms with van der Waals surface area (Å²) < 4.78 is 5.58. The minimum Gasteiger partial charge on any atom is -0.457 e. The third-order valence-corrected chi connectivity index (χ3v) is 1.72. The number of para-hydroxylation sites is 2. The van der Waals surface area contributed by atoms with Crippen molar-refractivity contribution < 1.29 is 70.2 Å². The molecule has 1 nitrogen and oxygen atoms in total. The van der Waals surface area contributed by atoms with Gasteiger partial charge in [0.1, 0.15) is 11.5 Å². The van der Waals surface area contributed by atoms with Crippen molar-refractivity contribution in [1.82, 2.24) is 0 Å². The average Bonchev–Trinajstić information content (AvgIpc) is 2.55. The van der Waals surface area contributed by atoms with Gasteiger partial charge in [0.15, 0.2) is 0 Å². The molecule has 0 bridgehead atoms. The van der Waals surface area contributed by atoms with Crippen molar-refractivity contribution in [2.24, 2.45) is 0 Å². The Morgan fingerprint density at radius 1 is 0.478 bits per heavy atom. The van der Waals surface area contributed by atoms with Gasteiger partial charge in [-0.1, -0.05) is 77.9 Å². The molecule has 2 radical (unpaired) electrons.